The smallest absolute Gasteiger partial charge is 0.251 e. The molecule has 0 bridgehead atoms. The van der Waals surface area contributed by atoms with Gasteiger partial charge >= 0.3 is 0 Å². The van der Waals surface area contributed by atoms with Crippen molar-refractivity contribution in [1.82, 2.24) is 10.3 Å². The van der Waals surface area contributed by atoms with Crippen LogP contribution in [-0.4, -0.2) is 24.0 Å². The summed E-state index contributed by atoms with van der Waals surface area (Å²) in [5.41, 5.74) is 1.21. The van der Waals surface area contributed by atoms with Crippen LogP contribution in [0.4, 0.5) is 10.2 Å². The minimum Gasteiger partial charge on any atom is -0.367 e. The Morgan fingerprint density at radius 2 is 2.18 bits per heavy atom. The lowest BCUT2D eigenvalue weighted by Crippen LogP contribution is -2.29. The number of aryl methyl sites for hydroxylation is 1. The van der Waals surface area contributed by atoms with Crippen molar-refractivity contribution in [1.29, 1.82) is 5.26 Å². The summed E-state index contributed by atoms with van der Waals surface area (Å²) in [4.78, 5) is 15.9. The molecule has 1 aromatic heterocycles. The molecule has 1 heterocycles. The molecule has 0 atom stereocenters. The van der Waals surface area contributed by atoms with Crippen molar-refractivity contribution in [3.63, 3.8) is 0 Å². The minimum atomic E-state index is -0.405. The van der Waals surface area contributed by atoms with E-state index in [0.29, 0.717) is 30.0 Å². The zero-order valence-electron chi connectivity index (χ0n) is 12.1. The average Bonchev–Trinajstić information content (AvgIpc) is 2.54. The first-order chi connectivity index (χ1) is 10.6. The van der Waals surface area contributed by atoms with Gasteiger partial charge in [0.1, 0.15) is 17.7 Å². The van der Waals surface area contributed by atoms with Crippen LogP contribution in [0.5, 0.6) is 0 Å². The molecule has 0 aliphatic carbocycles. The molecule has 2 N–H and O–H groups in total. The van der Waals surface area contributed by atoms with Crippen LogP contribution in [0, 0.1) is 24.1 Å². The monoisotopic (exact) mass is 298 g/mol. The molecule has 1 amide bonds. The van der Waals surface area contributed by atoms with Crippen molar-refractivity contribution in [2.24, 2.45) is 0 Å². The molecule has 0 unspecified atom stereocenters. The summed E-state index contributed by atoms with van der Waals surface area (Å²) in [7, 11) is 0. The molecular formula is C16H15FN4O. The number of nitrogens with zero attached hydrogens (tertiary/aromatic N) is 2. The van der Waals surface area contributed by atoms with E-state index >= 15 is 0 Å². The summed E-state index contributed by atoms with van der Waals surface area (Å²) in [5.74, 6) is -0.277. The fraction of sp³-hybridized carbons (Fsp3) is 0.188. The highest BCUT2D eigenvalue weighted by Gasteiger charge is 2.07. The Labute approximate surface area is 127 Å². The maximum absolute atomic E-state index is 13.4. The predicted molar refractivity (Wildman–Crippen MR) is 80.9 cm³/mol. The Kier molecular flexibility index (Phi) is 5.04. The SMILES string of the molecule is Cc1ccc(C(=O)NCCNc2ncccc2C#N)cc1F. The van der Waals surface area contributed by atoms with Gasteiger partial charge in [-0.3, -0.25) is 4.79 Å². The van der Waals surface area contributed by atoms with E-state index in [4.69, 9.17) is 5.26 Å². The summed E-state index contributed by atoms with van der Waals surface area (Å²) >= 11 is 0. The van der Waals surface area contributed by atoms with Gasteiger partial charge in [0, 0.05) is 24.8 Å². The average molecular weight is 298 g/mol. The first-order valence-electron chi connectivity index (χ1n) is 6.75. The third-order valence-corrected chi connectivity index (χ3v) is 3.07. The normalized spacial score (nSPS) is 9.86. The molecule has 0 saturated heterocycles. The van der Waals surface area contributed by atoms with Gasteiger partial charge in [-0.25, -0.2) is 9.37 Å². The molecule has 6 heteroatoms. The lowest BCUT2D eigenvalue weighted by atomic mass is 10.1. The fourth-order valence-electron chi connectivity index (χ4n) is 1.83. The van der Waals surface area contributed by atoms with Gasteiger partial charge in [0.05, 0.1) is 5.56 Å². The zero-order valence-corrected chi connectivity index (χ0v) is 12.1. The third-order valence-electron chi connectivity index (χ3n) is 3.07. The zero-order chi connectivity index (χ0) is 15.9. The summed E-state index contributed by atoms with van der Waals surface area (Å²) in [6.07, 6.45) is 1.58. The van der Waals surface area contributed by atoms with Crippen LogP contribution >= 0.6 is 0 Å². The molecule has 0 aliphatic rings. The third kappa shape index (κ3) is 3.79. The number of benzene rings is 1. The Morgan fingerprint density at radius 1 is 1.36 bits per heavy atom. The quantitative estimate of drug-likeness (QED) is 0.830. The van der Waals surface area contributed by atoms with Crippen LogP contribution < -0.4 is 10.6 Å². The second-order valence-electron chi connectivity index (χ2n) is 4.66. The van der Waals surface area contributed by atoms with Crippen LogP contribution in [0.25, 0.3) is 0 Å². The van der Waals surface area contributed by atoms with Gasteiger partial charge in [-0.05, 0) is 36.8 Å². The number of hydrogen-bond acceptors (Lipinski definition) is 4. The first kappa shape index (κ1) is 15.4. The van der Waals surface area contributed by atoms with Crippen LogP contribution in [0.1, 0.15) is 21.5 Å². The van der Waals surface area contributed by atoms with E-state index in [1.807, 2.05) is 6.07 Å². The highest BCUT2D eigenvalue weighted by molar-refractivity contribution is 5.94. The second kappa shape index (κ2) is 7.18. The topological polar surface area (TPSA) is 77.8 Å². The van der Waals surface area contributed by atoms with Crippen molar-refractivity contribution >= 4 is 11.7 Å². The molecule has 2 aromatic rings. The van der Waals surface area contributed by atoms with Crippen LogP contribution in [-0.2, 0) is 0 Å². The van der Waals surface area contributed by atoms with Gasteiger partial charge in [-0.1, -0.05) is 6.07 Å². The van der Waals surface area contributed by atoms with Gasteiger partial charge in [0.2, 0.25) is 0 Å². The number of rotatable bonds is 5. The Bertz CT molecular complexity index is 724. The van der Waals surface area contributed by atoms with Gasteiger partial charge < -0.3 is 10.6 Å². The summed E-state index contributed by atoms with van der Waals surface area (Å²) < 4.78 is 13.4. The minimum absolute atomic E-state index is 0.277. The lowest BCUT2D eigenvalue weighted by Gasteiger charge is -2.08. The van der Waals surface area contributed by atoms with E-state index in [0.717, 1.165) is 0 Å². The summed E-state index contributed by atoms with van der Waals surface area (Å²) in [6.45, 7) is 2.38. The number of aromatic nitrogens is 1. The number of amides is 1. The lowest BCUT2D eigenvalue weighted by molar-refractivity contribution is 0.0954. The number of pyridine rings is 1. The molecule has 2 rings (SSSR count). The fourth-order valence-corrected chi connectivity index (χ4v) is 1.83. The second-order valence-corrected chi connectivity index (χ2v) is 4.66. The maximum Gasteiger partial charge on any atom is 0.251 e. The maximum atomic E-state index is 13.4. The Morgan fingerprint density at radius 3 is 2.91 bits per heavy atom. The molecule has 0 saturated carbocycles. The molecule has 5 nitrogen and oxygen atoms in total. The van der Waals surface area contributed by atoms with Gasteiger partial charge in [-0.2, -0.15) is 5.26 Å². The van der Waals surface area contributed by atoms with Crippen LogP contribution in [0.3, 0.4) is 0 Å². The van der Waals surface area contributed by atoms with Gasteiger partial charge in [0.25, 0.3) is 5.91 Å². The van der Waals surface area contributed by atoms with Crippen molar-refractivity contribution in [3.05, 3.63) is 59.0 Å². The molecule has 0 radical (unpaired) electrons. The van der Waals surface area contributed by atoms with E-state index in [9.17, 15) is 9.18 Å². The number of hydrogen-bond donors (Lipinski definition) is 2. The van der Waals surface area contributed by atoms with E-state index in [2.05, 4.69) is 15.6 Å². The number of nitrogens with one attached hydrogen (secondary N) is 2. The highest BCUT2D eigenvalue weighted by atomic mass is 19.1. The van der Waals surface area contributed by atoms with Crippen molar-refractivity contribution in [2.45, 2.75) is 6.92 Å². The van der Waals surface area contributed by atoms with Crippen LogP contribution in [0.15, 0.2) is 36.5 Å². The molecule has 112 valence electrons. The first-order valence-corrected chi connectivity index (χ1v) is 6.75. The van der Waals surface area contributed by atoms with E-state index in [1.165, 1.54) is 6.07 Å². The predicted octanol–water partition coefficient (Wildman–Crippen LogP) is 2.24. The van der Waals surface area contributed by atoms with Crippen LogP contribution in [0.2, 0.25) is 0 Å². The van der Waals surface area contributed by atoms with Crippen molar-refractivity contribution < 1.29 is 9.18 Å². The van der Waals surface area contributed by atoms with Gasteiger partial charge in [0.15, 0.2) is 0 Å². The highest BCUT2D eigenvalue weighted by Crippen LogP contribution is 2.10. The number of carbonyl (C=O) groups excluding carboxylic acids is 1. The van der Waals surface area contributed by atoms with E-state index in [-0.39, 0.29) is 11.5 Å². The van der Waals surface area contributed by atoms with Crippen molar-refractivity contribution in [3.8, 4) is 6.07 Å². The van der Waals surface area contributed by atoms with Crippen molar-refractivity contribution in [2.75, 3.05) is 18.4 Å². The number of anilines is 1. The number of carbonyl (C=O) groups is 1. The summed E-state index contributed by atoms with van der Waals surface area (Å²) in [5, 5.41) is 14.6. The van der Waals surface area contributed by atoms with E-state index < -0.39 is 5.82 Å². The number of nitriles is 1. The van der Waals surface area contributed by atoms with E-state index in [1.54, 1.807) is 37.4 Å². The van der Waals surface area contributed by atoms with Gasteiger partial charge in [-0.15, -0.1) is 0 Å². The molecular weight excluding hydrogens is 283 g/mol. The molecule has 0 fully saturated rings. The largest absolute Gasteiger partial charge is 0.367 e. The molecule has 0 aliphatic heterocycles. The molecule has 0 spiro atoms. The number of halogens is 1. The molecule has 1 aromatic carbocycles. The summed E-state index contributed by atoms with van der Waals surface area (Å²) in [6, 6.07) is 9.72. The standard InChI is InChI=1S/C16H15FN4O/c1-11-4-5-12(9-14(11)17)16(22)21-8-7-20-15-13(10-18)3-2-6-19-15/h2-6,9H,7-8H2,1H3,(H,19,20)(H,21,22). The Balaban J connectivity index is 1.85. The Hall–Kier alpha value is -2.94. The molecule has 22 heavy (non-hydrogen) atoms.